The lowest BCUT2D eigenvalue weighted by atomic mass is 10.3. The third-order valence-electron chi connectivity index (χ3n) is 2.53. The van der Waals surface area contributed by atoms with Crippen molar-refractivity contribution in [2.24, 2.45) is 5.73 Å². The molecule has 0 amide bonds. The van der Waals surface area contributed by atoms with E-state index in [2.05, 4.69) is 14.9 Å². The fraction of sp³-hybridized carbons (Fsp3) is 0.600. The Morgan fingerprint density at radius 2 is 2.50 bits per heavy atom. The SMILES string of the molecule is COc1cncc(N2CCOC(CN)C2)n1. The number of nitrogens with two attached hydrogens (primary N) is 1. The quantitative estimate of drug-likeness (QED) is 0.756. The standard InChI is InChI=1S/C10H16N4O2/c1-15-10-6-12-5-9(13-10)14-2-3-16-8(4-11)7-14/h5-6,8H,2-4,7,11H2,1H3. The van der Waals surface area contributed by atoms with Crippen LogP contribution in [-0.4, -0.2) is 49.4 Å². The molecule has 2 heterocycles. The summed E-state index contributed by atoms with van der Waals surface area (Å²) in [5.74, 6) is 1.33. The third-order valence-corrected chi connectivity index (χ3v) is 2.53. The predicted octanol–water partition coefficient (Wildman–Crippen LogP) is -0.351. The second-order valence-corrected chi connectivity index (χ2v) is 3.59. The lowest BCUT2D eigenvalue weighted by Gasteiger charge is -2.32. The summed E-state index contributed by atoms with van der Waals surface area (Å²) in [6.07, 6.45) is 3.38. The van der Waals surface area contributed by atoms with E-state index in [1.807, 2.05) is 0 Å². The number of anilines is 1. The summed E-state index contributed by atoms with van der Waals surface area (Å²) in [7, 11) is 1.58. The average Bonchev–Trinajstić information content (AvgIpc) is 2.39. The van der Waals surface area contributed by atoms with Crippen molar-refractivity contribution in [2.75, 3.05) is 38.3 Å². The number of nitrogens with zero attached hydrogens (tertiary/aromatic N) is 3. The summed E-state index contributed by atoms with van der Waals surface area (Å²) >= 11 is 0. The van der Waals surface area contributed by atoms with E-state index >= 15 is 0 Å². The normalized spacial score (nSPS) is 20.9. The Bertz CT molecular complexity index is 347. The molecular weight excluding hydrogens is 208 g/mol. The minimum Gasteiger partial charge on any atom is -0.480 e. The van der Waals surface area contributed by atoms with Gasteiger partial charge in [-0.1, -0.05) is 0 Å². The molecule has 1 aliphatic rings. The molecule has 0 aromatic carbocycles. The average molecular weight is 224 g/mol. The van der Waals surface area contributed by atoms with Crippen LogP contribution >= 0.6 is 0 Å². The summed E-state index contributed by atoms with van der Waals surface area (Å²) in [6, 6.07) is 0. The maximum Gasteiger partial charge on any atom is 0.233 e. The molecule has 0 saturated carbocycles. The number of morpholine rings is 1. The van der Waals surface area contributed by atoms with Crippen LogP contribution in [0.2, 0.25) is 0 Å². The Hall–Kier alpha value is -1.40. The van der Waals surface area contributed by atoms with Crippen LogP contribution in [0.15, 0.2) is 12.4 Å². The molecule has 1 aromatic rings. The van der Waals surface area contributed by atoms with Crippen LogP contribution in [-0.2, 0) is 4.74 Å². The van der Waals surface area contributed by atoms with Gasteiger partial charge in [0.1, 0.15) is 0 Å². The van der Waals surface area contributed by atoms with Crippen molar-refractivity contribution in [2.45, 2.75) is 6.10 Å². The fourth-order valence-corrected chi connectivity index (χ4v) is 1.66. The van der Waals surface area contributed by atoms with Gasteiger partial charge in [-0.2, -0.15) is 4.98 Å². The summed E-state index contributed by atoms with van der Waals surface area (Å²) in [4.78, 5) is 10.5. The smallest absolute Gasteiger partial charge is 0.233 e. The van der Waals surface area contributed by atoms with Gasteiger partial charge >= 0.3 is 0 Å². The monoisotopic (exact) mass is 224 g/mol. The first-order chi connectivity index (χ1) is 7.83. The van der Waals surface area contributed by atoms with Gasteiger partial charge in [-0.25, -0.2) is 0 Å². The number of aromatic nitrogens is 2. The van der Waals surface area contributed by atoms with Gasteiger partial charge < -0.3 is 20.1 Å². The Labute approximate surface area is 94.4 Å². The highest BCUT2D eigenvalue weighted by atomic mass is 16.5. The molecule has 2 N–H and O–H groups in total. The molecule has 1 saturated heterocycles. The van der Waals surface area contributed by atoms with E-state index in [0.717, 1.165) is 18.9 Å². The molecule has 16 heavy (non-hydrogen) atoms. The number of methoxy groups -OCH3 is 1. The van der Waals surface area contributed by atoms with Gasteiger partial charge in [0.25, 0.3) is 0 Å². The second-order valence-electron chi connectivity index (χ2n) is 3.59. The van der Waals surface area contributed by atoms with Crippen LogP contribution in [0.1, 0.15) is 0 Å². The molecule has 1 aromatic heterocycles. The highest BCUT2D eigenvalue weighted by Crippen LogP contribution is 2.16. The molecule has 1 aliphatic heterocycles. The van der Waals surface area contributed by atoms with Crippen LogP contribution in [0.4, 0.5) is 5.82 Å². The van der Waals surface area contributed by atoms with Gasteiger partial charge in [-0.15, -0.1) is 0 Å². The van der Waals surface area contributed by atoms with E-state index in [-0.39, 0.29) is 6.10 Å². The van der Waals surface area contributed by atoms with Crippen molar-refractivity contribution in [3.63, 3.8) is 0 Å². The maximum absolute atomic E-state index is 5.59. The van der Waals surface area contributed by atoms with Crippen LogP contribution in [0.3, 0.4) is 0 Å². The van der Waals surface area contributed by atoms with Crippen LogP contribution in [0, 0.1) is 0 Å². The zero-order chi connectivity index (χ0) is 11.4. The van der Waals surface area contributed by atoms with Gasteiger partial charge in [-0.3, -0.25) is 4.98 Å². The fourth-order valence-electron chi connectivity index (χ4n) is 1.66. The van der Waals surface area contributed by atoms with Crippen LogP contribution < -0.4 is 15.4 Å². The minimum atomic E-state index is 0.0711. The van der Waals surface area contributed by atoms with Crippen LogP contribution in [0.25, 0.3) is 0 Å². The number of hydrogen-bond acceptors (Lipinski definition) is 6. The van der Waals surface area contributed by atoms with E-state index in [9.17, 15) is 0 Å². The topological polar surface area (TPSA) is 73.5 Å². The summed E-state index contributed by atoms with van der Waals surface area (Å²) in [5.41, 5.74) is 5.59. The number of rotatable bonds is 3. The predicted molar refractivity (Wildman–Crippen MR) is 59.6 cm³/mol. The molecular formula is C10H16N4O2. The molecule has 1 atom stereocenters. The van der Waals surface area contributed by atoms with E-state index in [1.54, 1.807) is 19.5 Å². The van der Waals surface area contributed by atoms with Crippen molar-refractivity contribution >= 4 is 5.82 Å². The molecule has 0 aliphatic carbocycles. The second kappa shape index (κ2) is 5.09. The van der Waals surface area contributed by atoms with Gasteiger partial charge in [0.15, 0.2) is 5.82 Å². The molecule has 0 bridgehead atoms. The Kier molecular flexibility index (Phi) is 3.53. The van der Waals surface area contributed by atoms with E-state index in [0.29, 0.717) is 19.0 Å². The molecule has 0 spiro atoms. The number of hydrogen-bond donors (Lipinski definition) is 1. The van der Waals surface area contributed by atoms with Gasteiger partial charge in [0, 0.05) is 19.6 Å². The lowest BCUT2D eigenvalue weighted by molar-refractivity contribution is 0.0462. The van der Waals surface area contributed by atoms with Gasteiger partial charge in [0.2, 0.25) is 5.88 Å². The molecule has 1 fully saturated rings. The minimum absolute atomic E-state index is 0.0711. The summed E-state index contributed by atoms with van der Waals surface area (Å²) in [5, 5.41) is 0. The Morgan fingerprint density at radius 1 is 1.62 bits per heavy atom. The van der Waals surface area contributed by atoms with Crippen LogP contribution in [0.5, 0.6) is 5.88 Å². The first kappa shape index (κ1) is 11.1. The molecule has 88 valence electrons. The third kappa shape index (κ3) is 2.40. The molecule has 1 unspecified atom stereocenters. The van der Waals surface area contributed by atoms with Crippen molar-refractivity contribution in [3.8, 4) is 5.88 Å². The van der Waals surface area contributed by atoms with Crippen molar-refractivity contribution in [1.82, 2.24) is 9.97 Å². The molecule has 2 rings (SSSR count). The molecule has 0 radical (unpaired) electrons. The van der Waals surface area contributed by atoms with E-state index in [4.69, 9.17) is 15.2 Å². The van der Waals surface area contributed by atoms with Crippen molar-refractivity contribution < 1.29 is 9.47 Å². The van der Waals surface area contributed by atoms with Gasteiger partial charge in [0.05, 0.1) is 32.2 Å². The van der Waals surface area contributed by atoms with Crippen molar-refractivity contribution in [1.29, 1.82) is 0 Å². The zero-order valence-corrected chi connectivity index (χ0v) is 9.30. The zero-order valence-electron chi connectivity index (χ0n) is 9.30. The lowest BCUT2D eigenvalue weighted by Crippen LogP contribution is -2.46. The van der Waals surface area contributed by atoms with E-state index < -0.39 is 0 Å². The Balaban J connectivity index is 2.10. The number of ether oxygens (including phenoxy) is 2. The van der Waals surface area contributed by atoms with Gasteiger partial charge in [-0.05, 0) is 0 Å². The maximum atomic E-state index is 5.59. The highest BCUT2D eigenvalue weighted by Gasteiger charge is 2.20. The summed E-state index contributed by atoms with van der Waals surface area (Å²) < 4.78 is 10.5. The van der Waals surface area contributed by atoms with Crippen molar-refractivity contribution in [3.05, 3.63) is 12.4 Å². The molecule has 6 heteroatoms. The van der Waals surface area contributed by atoms with E-state index in [1.165, 1.54) is 0 Å². The highest BCUT2D eigenvalue weighted by molar-refractivity contribution is 5.38. The molecule has 6 nitrogen and oxygen atoms in total. The first-order valence-electron chi connectivity index (χ1n) is 5.26. The first-order valence-corrected chi connectivity index (χ1v) is 5.26. The Morgan fingerprint density at radius 3 is 3.25 bits per heavy atom. The summed E-state index contributed by atoms with van der Waals surface area (Å²) in [6.45, 7) is 2.74. The largest absolute Gasteiger partial charge is 0.480 e.